The van der Waals surface area contributed by atoms with E-state index in [0.29, 0.717) is 0 Å². The predicted octanol–water partition coefficient (Wildman–Crippen LogP) is 2.93. The molecule has 2 N–H and O–H groups in total. The lowest BCUT2D eigenvalue weighted by molar-refractivity contribution is 0.399. The number of rotatable bonds is 3. The maximum atomic E-state index is 6.29. The number of nitrogens with zero attached hydrogens (tertiary/aromatic N) is 2. The predicted molar refractivity (Wildman–Crippen MR) is 86.9 cm³/mol. The lowest BCUT2D eigenvalue weighted by Crippen LogP contribution is -2.46. The minimum atomic E-state index is -0.00740. The van der Waals surface area contributed by atoms with Crippen LogP contribution in [0.3, 0.4) is 0 Å². The Kier molecular flexibility index (Phi) is 3.64. The van der Waals surface area contributed by atoms with E-state index in [0.717, 1.165) is 24.6 Å². The molecule has 2 aromatic rings. The van der Waals surface area contributed by atoms with Gasteiger partial charge in [-0.3, -0.25) is 0 Å². The molecule has 4 heteroatoms. The van der Waals surface area contributed by atoms with Crippen molar-refractivity contribution in [1.29, 1.82) is 0 Å². The fraction of sp³-hybridized carbons (Fsp3) is 0.412. The minimum absolute atomic E-state index is 0.00740. The fourth-order valence-electron chi connectivity index (χ4n) is 3.13. The number of nitrogens with two attached hydrogens (primary N) is 1. The molecule has 0 saturated heterocycles. The second-order valence-corrected chi connectivity index (χ2v) is 5.86. The Morgan fingerprint density at radius 1 is 1.10 bits per heavy atom. The van der Waals surface area contributed by atoms with Gasteiger partial charge in [0, 0.05) is 26.2 Å². The Hall–Kier alpha value is -1.94. The van der Waals surface area contributed by atoms with E-state index in [1.54, 1.807) is 0 Å². The number of aryl methyl sites for hydroxylation is 1. The summed E-state index contributed by atoms with van der Waals surface area (Å²) in [5.74, 6) is 1.87. The van der Waals surface area contributed by atoms with Gasteiger partial charge >= 0.3 is 0 Å². The van der Waals surface area contributed by atoms with Crippen molar-refractivity contribution >= 4 is 11.4 Å². The summed E-state index contributed by atoms with van der Waals surface area (Å²) in [6, 6.07) is 12.6. The van der Waals surface area contributed by atoms with Gasteiger partial charge in [-0.1, -0.05) is 12.1 Å². The molecule has 0 aliphatic carbocycles. The lowest BCUT2D eigenvalue weighted by atomic mass is 10.0. The van der Waals surface area contributed by atoms with Crippen molar-refractivity contribution in [3.8, 4) is 0 Å². The van der Waals surface area contributed by atoms with Gasteiger partial charge < -0.3 is 20.0 Å². The van der Waals surface area contributed by atoms with Gasteiger partial charge in [-0.25, -0.2) is 0 Å². The SMILES string of the molecule is Cc1ccc(C(C(C)N)N2CCN(C)c3ccccc32)o1. The van der Waals surface area contributed by atoms with E-state index < -0.39 is 0 Å². The lowest BCUT2D eigenvalue weighted by Gasteiger charge is -2.42. The quantitative estimate of drug-likeness (QED) is 0.942. The van der Waals surface area contributed by atoms with Crippen LogP contribution in [0.15, 0.2) is 40.8 Å². The summed E-state index contributed by atoms with van der Waals surface area (Å²) in [4.78, 5) is 4.66. The van der Waals surface area contributed by atoms with Gasteiger partial charge in [0.25, 0.3) is 0 Å². The molecule has 0 amide bonds. The second kappa shape index (κ2) is 5.45. The van der Waals surface area contributed by atoms with Crippen molar-refractivity contribution < 1.29 is 4.42 Å². The summed E-state index contributed by atoms with van der Waals surface area (Å²) in [5.41, 5.74) is 8.76. The van der Waals surface area contributed by atoms with Crippen LogP contribution in [0.1, 0.15) is 24.5 Å². The Morgan fingerprint density at radius 2 is 1.81 bits per heavy atom. The smallest absolute Gasteiger partial charge is 0.128 e. The molecule has 1 aliphatic rings. The maximum absolute atomic E-state index is 6.29. The average molecular weight is 285 g/mol. The third-order valence-electron chi connectivity index (χ3n) is 4.17. The zero-order valence-electron chi connectivity index (χ0n) is 12.9. The topological polar surface area (TPSA) is 45.6 Å². The number of benzene rings is 1. The van der Waals surface area contributed by atoms with E-state index in [2.05, 4.69) is 41.1 Å². The number of furan rings is 1. The highest BCUT2D eigenvalue weighted by Gasteiger charge is 2.31. The van der Waals surface area contributed by atoms with Crippen LogP contribution in [0.4, 0.5) is 11.4 Å². The third-order valence-corrected chi connectivity index (χ3v) is 4.17. The first kappa shape index (κ1) is 14.0. The molecule has 2 heterocycles. The van der Waals surface area contributed by atoms with Gasteiger partial charge in [0.15, 0.2) is 0 Å². The normalized spacial score (nSPS) is 17.5. The summed E-state index contributed by atoms with van der Waals surface area (Å²) in [6.45, 7) is 5.95. The number of hydrogen-bond acceptors (Lipinski definition) is 4. The highest BCUT2D eigenvalue weighted by Crippen LogP contribution is 2.38. The molecule has 0 saturated carbocycles. The molecule has 0 bridgehead atoms. The van der Waals surface area contributed by atoms with Gasteiger partial charge in [-0.05, 0) is 38.1 Å². The van der Waals surface area contributed by atoms with Gasteiger partial charge in [0.2, 0.25) is 0 Å². The fourth-order valence-corrected chi connectivity index (χ4v) is 3.13. The van der Waals surface area contributed by atoms with E-state index in [4.69, 9.17) is 10.2 Å². The van der Waals surface area contributed by atoms with E-state index in [1.165, 1.54) is 11.4 Å². The average Bonchev–Trinajstić information content (AvgIpc) is 2.88. The molecule has 2 unspecified atom stereocenters. The van der Waals surface area contributed by atoms with E-state index in [9.17, 15) is 0 Å². The summed E-state index contributed by atoms with van der Waals surface area (Å²) < 4.78 is 5.87. The third kappa shape index (κ3) is 2.51. The summed E-state index contributed by atoms with van der Waals surface area (Å²) in [5, 5.41) is 0. The van der Waals surface area contributed by atoms with Crippen molar-refractivity contribution in [1.82, 2.24) is 0 Å². The maximum Gasteiger partial charge on any atom is 0.128 e. The molecular formula is C17H23N3O. The first-order valence-corrected chi connectivity index (χ1v) is 7.46. The summed E-state index contributed by atoms with van der Waals surface area (Å²) in [6.07, 6.45) is 0. The Labute approximate surface area is 126 Å². The zero-order chi connectivity index (χ0) is 15.0. The largest absolute Gasteiger partial charge is 0.464 e. The molecular weight excluding hydrogens is 262 g/mol. The molecule has 1 aromatic carbocycles. The van der Waals surface area contributed by atoms with E-state index >= 15 is 0 Å². The van der Waals surface area contributed by atoms with Crippen molar-refractivity contribution in [3.05, 3.63) is 47.9 Å². The molecule has 4 nitrogen and oxygen atoms in total. The molecule has 0 fully saturated rings. The van der Waals surface area contributed by atoms with Gasteiger partial charge in [0.1, 0.15) is 17.6 Å². The Balaban J connectivity index is 2.03. The van der Waals surface area contributed by atoms with Crippen molar-refractivity contribution in [2.24, 2.45) is 5.73 Å². The highest BCUT2D eigenvalue weighted by molar-refractivity contribution is 5.73. The molecule has 1 aliphatic heterocycles. The summed E-state index contributed by atoms with van der Waals surface area (Å²) in [7, 11) is 2.13. The monoisotopic (exact) mass is 285 g/mol. The second-order valence-electron chi connectivity index (χ2n) is 5.86. The Bertz CT molecular complexity index is 620. The van der Waals surface area contributed by atoms with Crippen LogP contribution in [-0.4, -0.2) is 26.2 Å². The van der Waals surface area contributed by atoms with Gasteiger partial charge in [-0.15, -0.1) is 0 Å². The number of hydrogen-bond donors (Lipinski definition) is 1. The molecule has 2 atom stereocenters. The summed E-state index contributed by atoms with van der Waals surface area (Å²) >= 11 is 0. The van der Waals surface area contributed by atoms with Crippen LogP contribution in [0.25, 0.3) is 0 Å². The van der Waals surface area contributed by atoms with Gasteiger partial charge in [-0.2, -0.15) is 0 Å². The number of likely N-dealkylation sites (N-methyl/N-ethyl adjacent to an activating group) is 1. The standard InChI is InChI=1S/C17H23N3O/c1-12-8-9-16(21-12)17(13(2)18)20-11-10-19(3)14-6-4-5-7-15(14)20/h4-9,13,17H,10-11,18H2,1-3H3. The van der Waals surface area contributed by atoms with Gasteiger partial charge in [0.05, 0.1) is 11.4 Å². The molecule has 3 rings (SSSR count). The molecule has 21 heavy (non-hydrogen) atoms. The first-order chi connectivity index (χ1) is 10.1. The van der Waals surface area contributed by atoms with Crippen molar-refractivity contribution in [2.75, 3.05) is 29.9 Å². The molecule has 0 spiro atoms. The first-order valence-electron chi connectivity index (χ1n) is 7.46. The van der Waals surface area contributed by atoms with E-state index in [1.807, 2.05) is 26.0 Å². The van der Waals surface area contributed by atoms with Crippen LogP contribution in [0, 0.1) is 6.92 Å². The molecule has 0 radical (unpaired) electrons. The number of fused-ring (bicyclic) bond motifs is 1. The van der Waals surface area contributed by atoms with Crippen LogP contribution < -0.4 is 15.5 Å². The van der Waals surface area contributed by atoms with Crippen LogP contribution in [0.5, 0.6) is 0 Å². The Morgan fingerprint density at radius 3 is 2.43 bits per heavy atom. The molecule has 112 valence electrons. The number of anilines is 2. The van der Waals surface area contributed by atoms with Crippen LogP contribution in [-0.2, 0) is 0 Å². The minimum Gasteiger partial charge on any atom is -0.464 e. The van der Waals surface area contributed by atoms with E-state index in [-0.39, 0.29) is 12.1 Å². The zero-order valence-corrected chi connectivity index (χ0v) is 12.9. The highest BCUT2D eigenvalue weighted by atomic mass is 16.3. The van der Waals surface area contributed by atoms with Crippen LogP contribution >= 0.6 is 0 Å². The number of para-hydroxylation sites is 2. The molecule has 1 aromatic heterocycles. The van der Waals surface area contributed by atoms with Crippen molar-refractivity contribution in [2.45, 2.75) is 25.9 Å². The van der Waals surface area contributed by atoms with Crippen molar-refractivity contribution in [3.63, 3.8) is 0 Å². The van der Waals surface area contributed by atoms with Crippen LogP contribution in [0.2, 0.25) is 0 Å².